The average molecular weight is 287 g/mol. The Balaban J connectivity index is 3.03. The summed E-state index contributed by atoms with van der Waals surface area (Å²) in [6, 6.07) is 0. The van der Waals surface area contributed by atoms with Crippen molar-refractivity contribution < 1.29 is 14.3 Å². The van der Waals surface area contributed by atoms with Crippen molar-refractivity contribution in [1.29, 1.82) is 0 Å². The van der Waals surface area contributed by atoms with Crippen molar-refractivity contribution in [2.24, 2.45) is 0 Å². The minimum absolute atomic E-state index is 0.339. The van der Waals surface area contributed by atoms with Gasteiger partial charge < -0.3 is 25.0 Å². The molecule has 0 amide bonds. The number of rotatable bonds is 6. The van der Waals surface area contributed by atoms with Crippen LogP contribution >= 0.6 is 11.3 Å². The molecular weight excluding hydrogens is 266 g/mol. The second-order valence-electron chi connectivity index (χ2n) is 4.40. The molecule has 0 saturated carbocycles. The van der Waals surface area contributed by atoms with Crippen LogP contribution in [0.25, 0.3) is 0 Å². The number of nitrogen functional groups attached to an aromatic ring is 1. The Morgan fingerprint density at radius 1 is 1.26 bits per heavy atom. The number of likely N-dealkylation sites (N-methyl/N-ethyl adjacent to an activating group) is 2. The number of nitrogens with two attached hydrogens (primary N) is 1. The lowest BCUT2D eigenvalue weighted by molar-refractivity contribution is 0.0607. The monoisotopic (exact) mass is 287 g/mol. The van der Waals surface area contributed by atoms with Gasteiger partial charge in [-0.1, -0.05) is 0 Å². The van der Waals surface area contributed by atoms with E-state index in [1.165, 1.54) is 18.4 Å². The molecular formula is C12H21N3O3S. The van der Waals surface area contributed by atoms with Crippen molar-refractivity contribution in [3.63, 3.8) is 0 Å². The fourth-order valence-corrected chi connectivity index (χ4v) is 2.66. The van der Waals surface area contributed by atoms with Gasteiger partial charge in [-0.05, 0) is 14.1 Å². The van der Waals surface area contributed by atoms with E-state index in [0.717, 1.165) is 18.1 Å². The van der Waals surface area contributed by atoms with Gasteiger partial charge in [0.1, 0.15) is 15.6 Å². The van der Waals surface area contributed by atoms with Crippen LogP contribution in [0.3, 0.4) is 0 Å². The van der Waals surface area contributed by atoms with Crippen molar-refractivity contribution in [3.05, 3.63) is 4.88 Å². The third kappa shape index (κ3) is 3.51. The van der Waals surface area contributed by atoms with Gasteiger partial charge in [0.05, 0.1) is 14.2 Å². The first kappa shape index (κ1) is 15.6. The summed E-state index contributed by atoms with van der Waals surface area (Å²) in [6.45, 7) is 1.70. The van der Waals surface area contributed by atoms with E-state index in [2.05, 4.69) is 4.90 Å². The van der Waals surface area contributed by atoms with E-state index in [1.54, 1.807) is 7.11 Å². The molecule has 7 heteroatoms. The number of carbonyl (C=O) groups is 1. The van der Waals surface area contributed by atoms with Crippen molar-refractivity contribution in [2.45, 2.75) is 0 Å². The topological polar surface area (TPSA) is 68.0 Å². The molecule has 0 saturated heterocycles. The second-order valence-corrected chi connectivity index (χ2v) is 5.40. The van der Waals surface area contributed by atoms with E-state index >= 15 is 0 Å². The van der Waals surface area contributed by atoms with Crippen molar-refractivity contribution in [1.82, 2.24) is 4.90 Å². The number of nitrogens with zero attached hydrogens (tertiary/aromatic N) is 2. The Kier molecular flexibility index (Phi) is 5.44. The van der Waals surface area contributed by atoms with Crippen molar-refractivity contribution in [3.8, 4) is 5.75 Å². The summed E-state index contributed by atoms with van der Waals surface area (Å²) in [4.78, 5) is 16.1. The van der Waals surface area contributed by atoms with Gasteiger partial charge in [0.25, 0.3) is 0 Å². The van der Waals surface area contributed by atoms with Crippen LogP contribution in [0.15, 0.2) is 0 Å². The maximum atomic E-state index is 11.6. The normalized spacial score (nSPS) is 10.6. The van der Waals surface area contributed by atoms with Gasteiger partial charge >= 0.3 is 5.97 Å². The molecule has 0 radical (unpaired) electrons. The zero-order valence-corrected chi connectivity index (χ0v) is 12.8. The second kappa shape index (κ2) is 6.63. The van der Waals surface area contributed by atoms with E-state index in [1.807, 2.05) is 26.0 Å². The van der Waals surface area contributed by atoms with Crippen LogP contribution in [0.1, 0.15) is 9.67 Å². The summed E-state index contributed by atoms with van der Waals surface area (Å²) in [5, 5.41) is 0.835. The van der Waals surface area contributed by atoms with Crippen LogP contribution in [0, 0.1) is 0 Å². The molecule has 2 N–H and O–H groups in total. The first-order valence-corrected chi connectivity index (χ1v) is 6.64. The number of anilines is 2. The highest BCUT2D eigenvalue weighted by Gasteiger charge is 2.24. The Bertz CT molecular complexity index is 446. The highest BCUT2D eigenvalue weighted by molar-refractivity contribution is 7.19. The van der Waals surface area contributed by atoms with Crippen LogP contribution in [0.4, 0.5) is 10.7 Å². The number of thiophene rings is 1. The number of carbonyl (C=O) groups excluding carboxylic acids is 1. The summed E-state index contributed by atoms with van der Waals surface area (Å²) < 4.78 is 10.0. The quantitative estimate of drug-likeness (QED) is 0.791. The van der Waals surface area contributed by atoms with E-state index in [4.69, 9.17) is 15.2 Å². The molecule has 0 aliphatic carbocycles. The first-order valence-electron chi connectivity index (χ1n) is 5.82. The lowest BCUT2D eigenvalue weighted by Crippen LogP contribution is -2.28. The molecule has 6 nitrogen and oxygen atoms in total. The summed E-state index contributed by atoms with van der Waals surface area (Å²) >= 11 is 1.29. The molecule has 0 aromatic carbocycles. The maximum Gasteiger partial charge on any atom is 0.350 e. The van der Waals surface area contributed by atoms with Crippen molar-refractivity contribution in [2.75, 3.05) is 59.1 Å². The number of ether oxygens (including phenoxy) is 2. The summed E-state index contributed by atoms with van der Waals surface area (Å²) in [5.74, 6) is 0.0970. The molecule has 0 unspecified atom stereocenters. The molecule has 0 bridgehead atoms. The lowest BCUT2D eigenvalue weighted by atomic mass is 10.3. The van der Waals surface area contributed by atoms with Gasteiger partial charge in [0, 0.05) is 20.1 Å². The lowest BCUT2D eigenvalue weighted by Gasteiger charge is -2.20. The predicted molar refractivity (Wildman–Crippen MR) is 78.4 cm³/mol. The predicted octanol–water partition coefficient (Wildman–Crippen LogP) is 1.12. The van der Waals surface area contributed by atoms with Gasteiger partial charge in [-0.2, -0.15) is 0 Å². The third-order valence-electron chi connectivity index (χ3n) is 2.69. The molecule has 0 aliphatic heterocycles. The van der Waals surface area contributed by atoms with Crippen LogP contribution in [0.5, 0.6) is 5.75 Å². The standard InChI is InChI=1S/C12H21N3O3S/c1-14(2)6-7-15(3)11-9(17-4)8(13)10(19-11)12(16)18-5/h6-7,13H2,1-5H3. The minimum Gasteiger partial charge on any atom is -0.492 e. The highest BCUT2D eigenvalue weighted by Crippen LogP contribution is 2.44. The molecule has 1 aromatic heterocycles. The fraction of sp³-hybridized carbons (Fsp3) is 0.583. The summed E-state index contributed by atoms with van der Waals surface area (Å²) in [7, 11) is 8.84. The Morgan fingerprint density at radius 3 is 2.37 bits per heavy atom. The Hall–Kier alpha value is -1.47. The van der Waals surface area contributed by atoms with Gasteiger partial charge in [-0.25, -0.2) is 4.79 Å². The van der Waals surface area contributed by atoms with Gasteiger partial charge in [-0.3, -0.25) is 0 Å². The van der Waals surface area contributed by atoms with Crippen LogP contribution in [0.2, 0.25) is 0 Å². The number of methoxy groups -OCH3 is 2. The number of esters is 1. The van der Waals surface area contributed by atoms with Crippen LogP contribution in [-0.2, 0) is 4.74 Å². The fourth-order valence-electron chi connectivity index (χ4n) is 1.56. The minimum atomic E-state index is -0.437. The molecule has 1 aromatic rings. The molecule has 0 fully saturated rings. The largest absolute Gasteiger partial charge is 0.492 e. The molecule has 0 atom stereocenters. The van der Waals surface area contributed by atoms with Gasteiger partial charge in [0.15, 0.2) is 5.75 Å². The molecule has 108 valence electrons. The molecule has 19 heavy (non-hydrogen) atoms. The molecule has 0 aliphatic rings. The first-order chi connectivity index (χ1) is 8.92. The molecule has 0 spiro atoms. The number of hydrogen-bond acceptors (Lipinski definition) is 7. The average Bonchev–Trinajstić information content (AvgIpc) is 2.72. The smallest absolute Gasteiger partial charge is 0.350 e. The highest BCUT2D eigenvalue weighted by atomic mass is 32.1. The Morgan fingerprint density at radius 2 is 1.89 bits per heavy atom. The van der Waals surface area contributed by atoms with Gasteiger partial charge in [-0.15, -0.1) is 11.3 Å². The van der Waals surface area contributed by atoms with E-state index in [9.17, 15) is 4.79 Å². The van der Waals surface area contributed by atoms with E-state index in [0.29, 0.717) is 16.3 Å². The summed E-state index contributed by atoms with van der Waals surface area (Å²) in [6.07, 6.45) is 0. The van der Waals surface area contributed by atoms with Crippen molar-refractivity contribution >= 4 is 28.0 Å². The zero-order chi connectivity index (χ0) is 14.6. The Labute approximate surface area is 117 Å². The summed E-state index contributed by atoms with van der Waals surface area (Å²) in [5.41, 5.74) is 6.27. The van der Waals surface area contributed by atoms with E-state index in [-0.39, 0.29) is 0 Å². The van der Waals surface area contributed by atoms with Gasteiger partial charge in [0.2, 0.25) is 0 Å². The van der Waals surface area contributed by atoms with E-state index < -0.39 is 5.97 Å². The molecule has 1 rings (SSSR count). The SMILES string of the molecule is COC(=O)c1sc(N(C)CCN(C)C)c(OC)c1N. The number of hydrogen-bond donors (Lipinski definition) is 1. The third-order valence-corrected chi connectivity index (χ3v) is 3.97. The zero-order valence-electron chi connectivity index (χ0n) is 12.0. The van der Waals surface area contributed by atoms with Crippen LogP contribution in [-0.4, -0.2) is 59.3 Å². The maximum absolute atomic E-state index is 11.6. The molecule has 1 heterocycles. The van der Waals surface area contributed by atoms with Crippen LogP contribution < -0.4 is 15.4 Å².